The molecule has 0 aliphatic carbocycles. The van der Waals surface area contributed by atoms with E-state index in [-0.39, 0.29) is 18.8 Å². The van der Waals surface area contributed by atoms with E-state index >= 15 is 0 Å². The molecule has 3 nitrogen and oxygen atoms in total. The van der Waals surface area contributed by atoms with E-state index in [0.29, 0.717) is 16.8 Å². The molecule has 1 rings (SSSR count). The topological polar surface area (TPSA) is 59.1 Å². The highest BCUT2D eigenvalue weighted by molar-refractivity contribution is 5.31. The van der Waals surface area contributed by atoms with E-state index in [4.69, 9.17) is 10.8 Å². The van der Waals surface area contributed by atoms with Gasteiger partial charge in [-0.05, 0) is 24.1 Å². The number of aliphatic hydroxyl groups is 1. The molecule has 0 bridgehead atoms. The number of hydrogen-bond acceptors (Lipinski definition) is 3. The Balaban J connectivity index is 3.25. The molecule has 1 heterocycles. The standard InChI is InChI=1S/C9H12F2N2O/c1-5-6(4-14)2-7(9(10)11)13-8(5)3-12/h2,9,14H,3-4,12H2,1H3. The third-order valence-electron chi connectivity index (χ3n) is 2.09. The first-order valence-corrected chi connectivity index (χ1v) is 4.18. The summed E-state index contributed by atoms with van der Waals surface area (Å²) in [4.78, 5) is 3.71. The lowest BCUT2D eigenvalue weighted by Crippen LogP contribution is -2.08. The van der Waals surface area contributed by atoms with E-state index in [1.807, 2.05) is 0 Å². The van der Waals surface area contributed by atoms with Gasteiger partial charge in [-0.2, -0.15) is 0 Å². The lowest BCUT2D eigenvalue weighted by atomic mass is 10.1. The Hall–Kier alpha value is -1.07. The van der Waals surface area contributed by atoms with Gasteiger partial charge in [0, 0.05) is 6.54 Å². The SMILES string of the molecule is Cc1c(CO)cc(C(F)F)nc1CN. The minimum absolute atomic E-state index is 0.0966. The molecule has 0 aliphatic rings. The van der Waals surface area contributed by atoms with E-state index in [2.05, 4.69) is 4.98 Å². The number of nitrogens with zero attached hydrogens (tertiary/aromatic N) is 1. The van der Waals surface area contributed by atoms with Crippen molar-refractivity contribution in [3.8, 4) is 0 Å². The summed E-state index contributed by atoms with van der Waals surface area (Å²) in [6.07, 6.45) is -2.63. The van der Waals surface area contributed by atoms with Gasteiger partial charge in [-0.3, -0.25) is 4.98 Å². The van der Waals surface area contributed by atoms with Gasteiger partial charge in [-0.25, -0.2) is 8.78 Å². The van der Waals surface area contributed by atoms with Crippen LogP contribution in [0, 0.1) is 6.92 Å². The molecular weight excluding hydrogens is 190 g/mol. The third-order valence-corrected chi connectivity index (χ3v) is 2.09. The van der Waals surface area contributed by atoms with Gasteiger partial charge in [0.25, 0.3) is 6.43 Å². The first kappa shape index (κ1) is 11.0. The fourth-order valence-corrected chi connectivity index (χ4v) is 1.22. The quantitative estimate of drug-likeness (QED) is 0.776. The molecule has 0 fully saturated rings. The van der Waals surface area contributed by atoms with Gasteiger partial charge < -0.3 is 10.8 Å². The third kappa shape index (κ3) is 2.05. The minimum Gasteiger partial charge on any atom is -0.392 e. The van der Waals surface area contributed by atoms with Gasteiger partial charge in [0.05, 0.1) is 12.3 Å². The molecule has 0 radical (unpaired) electrons. The van der Waals surface area contributed by atoms with Crippen molar-refractivity contribution in [2.24, 2.45) is 5.73 Å². The smallest absolute Gasteiger partial charge is 0.280 e. The zero-order valence-electron chi connectivity index (χ0n) is 7.80. The normalized spacial score (nSPS) is 11.0. The molecule has 3 N–H and O–H groups in total. The van der Waals surface area contributed by atoms with Crippen LogP contribution in [0.1, 0.15) is 28.9 Å². The molecule has 0 saturated heterocycles. The fraction of sp³-hybridized carbons (Fsp3) is 0.444. The second kappa shape index (κ2) is 4.43. The molecule has 5 heteroatoms. The average molecular weight is 202 g/mol. The Morgan fingerprint density at radius 3 is 2.64 bits per heavy atom. The van der Waals surface area contributed by atoms with Gasteiger partial charge in [0.2, 0.25) is 0 Å². The molecule has 0 aliphatic heterocycles. The summed E-state index contributed by atoms with van der Waals surface area (Å²) in [5.41, 5.74) is 6.56. The number of aromatic nitrogens is 1. The van der Waals surface area contributed by atoms with Crippen LogP contribution in [0.3, 0.4) is 0 Å². The predicted octanol–water partition coefficient (Wildman–Crippen LogP) is 1.28. The van der Waals surface area contributed by atoms with Crippen LogP contribution in [0.15, 0.2) is 6.07 Å². The highest BCUT2D eigenvalue weighted by Gasteiger charge is 2.13. The molecule has 78 valence electrons. The zero-order valence-corrected chi connectivity index (χ0v) is 7.80. The number of hydrogen-bond donors (Lipinski definition) is 2. The number of aliphatic hydroxyl groups excluding tert-OH is 1. The summed E-state index contributed by atoms with van der Waals surface area (Å²) in [6.45, 7) is 1.52. The van der Waals surface area contributed by atoms with Crippen molar-refractivity contribution in [3.05, 3.63) is 28.6 Å². The van der Waals surface area contributed by atoms with E-state index in [1.54, 1.807) is 6.92 Å². The second-order valence-electron chi connectivity index (χ2n) is 2.94. The summed E-state index contributed by atoms with van der Waals surface area (Å²) >= 11 is 0. The highest BCUT2D eigenvalue weighted by atomic mass is 19.3. The maximum absolute atomic E-state index is 12.3. The Morgan fingerprint density at radius 2 is 2.21 bits per heavy atom. The maximum atomic E-state index is 12.3. The molecule has 0 atom stereocenters. The molecule has 14 heavy (non-hydrogen) atoms. The largest absolute Gasteiger partial charge is 0.392 e. The van der Waals surface area contributed by atoms with E-state index in [9.17, 15) is 8.78 Å². The van der Waals surface area contributed by atoms with Crippen LogP contribution in [0.2, 0.25) is 0 Å². The fourth-order valence-electron chi connectivity index (χ4n) is 1.22. The van der Waals surface area contributed by atoms with Gasteiger partial charge in [-0.15, -0.1) is 0 Å². The van der Waals surface area contributed by atoms with Crippen molar-refractivity contribution >= 4 is 0 Å². The van der Waals surface area contributed by atoms with Crippen molar-refractivity contribution in [2.75, 3.05) is 0 Å². The molecule has 0 aromatic carbocycles. The molecule has 0 unspecified atom stereocenters. The van der Waals surface area contributed by atoms with E-state index in [0.717, 1.165) is 0 Å². The number of nitrogens with two attached hydrogens (primary N) is 1. The maximum Gasteiger partial charge on any atom is 0.280 e. The van der Waals surface area contributed by atoms with Crippen LogP contribution in [0.5, 0.6) is 0 Å². The second-order valence-corrected chi connectivity index (χ2v) is 2.94. The van der Waals surface area contributed by atoms with Crippen molar-refractivity contribution in [1.82, 2.24) is 4.98 Å². The monoisotopic (exact) mass is 202 g/mol. The summed E-state index contributed by atoms with van der Waals surface area (Å²) in [5, 5.41) is 8.93. The van der Waals surface area contributed by atoms with E-state index < -0.39 is 6.43 Å². The summed E-state index contributed by atoms with van der Waals surface area (Å²) in [6, 6.07) is 1.21. The lowest BCUT2D eigenvalue weighted by Gasteiger charge is -2.10. The average Bonchev–Trinajstić information content (AvgIpc) is 2.17. The molecule has 0 amide bonds. The Labute approximate surface area is 80.6 Å². The molecule has 1 aromatic heterocycles. The number of halogens is 2. The van der Waals surface area contributed by atoms with Crippen LogP contribution >= 0.6 is 0 Å². The first-order valence-electron chi connectivity index (χ1n) is 4.18. The summed E-state index contributed by atoms with van der Waals surface area (Å²) in [5.74, 6) is 0. The minimum atomic E-state index is -2.63. The molecule has 0 spiro atoms. The van der Waals surface area contributed by atoms with Crippen LogP contribution < -0.4 is 5.73 Å². The Kier molecular flexibility index (Phi) is 3.49. The zero-order chi connectivity index (χ0) is 10.7. The van der Waals surface area contributed by atoms with Crippen molar-refractivity contribution in [3.63, 3.8) is 0 Å². The van der Waals surface area contributed by atoms with Gasteiger partial charge >= 0.3 is 0 Å². The van der Waals surface area contributed by atoms with Crippen LogP contribution in [-0.4, -0.2) is 10.1 Å². The number of rotatable bonds is 3. The van der Waals surface area contributed by atoms with Crippen LogP contribution in [0.25, 0.3) is 0 Å². The van der Waals surface area contributed by atoms with Crippen LogP contribution in [0.4, 0.5) is 8.78 Å². The summed E-state index contributed by atoms with van der Waals surface area (Å²) < 4.78 is 24.7. The lowest BCUT2D eigenvalue weighted by molar-refractivity contribution is 0.145. The Bertz CT molecular complexity index is 304. The van der Waals surface area contributed by atoms with Crippen molar-refractivity contribution in [1.29, 1.82) is 0 Å². The van der Waals surface area contributed by atoms with Gasteiger partial charge in [0.1, 0.15) is 5.69 Å². The Morgan fingerprint density at radius 1 is 1.57 bits per heavy atom. The predicted molar refractivity (Wildman–Crippen MR) is 47.7 cm³/mol. The first-order chi connectivity index (χ1) is 6.60. The molecule has 1 aromatic rings. The summed E-state index contributed by atoms with van der Waals surface area (Å²) in [7, 11) is 0. The van der Waals surface area contributed by atoms with Gasteiger partial charge in [-0.1, -0.05) is 0 Å². The van der Waals surface area contributed by atoms with Crippen LogP contribution in [-0.2, 0) is 13.2 Å². The highest BCUT2D eigenvalue weighted by Crippen LogP contribution is 2.21. The number of pyridine rings is 1. The van der Waals surface area contributed by atoms with Crippen molar-refractivity contribution in [2.45, 2.75) is 26.5 Å². The molecule has 0 saturated carbocycles. The van der Waals surface area contributed by atoms with E-state index in [1.165, 1.54) is 6.07 Å². The molecular formula is C9H12F2N2O. The number of alkyl halides is 2. The van der Waals surface area contributed by atoms with Crippen molar-refractivity contribution < 1.29 is 13.9 Å². The van der Waals surface area contributed by atoms with Gasteiger partial charge in [0.15, 0.2) is 0 Å².